The van der Waals surface area contributed by atoms with Crippen LogP contribution in [0.15, 0.2) is 0 Å². The smallest absolute Gasteiger partial charge is 0.324 e. The van der Waals surface area contributed by atoms with Gasteiger partial charge >= 0.3 is 12.0 Å². The molecule has 7 heteroatoms. The van der Waals surface area contributed by atoms with Crippen LogP contribution in [0.3, 0.4) is 0 Å². The van der Waals surface area contributed by atoms with Gasteiger partial charge in [-0.1, -0.05) is 19.3 Å². The van der Waals surface area contributed by atoms with Crippen molar-refractivity contribution in [3.8, 4) is 12.0 Å². The molecule has 1 saturated carbocycles. The third-order valence-corrected chi connectivity index (χ3v) is 3.54. The van der Waals surface area contributed by atoms with Crippen LogP contribution in [-0.4, -0.2) is 41.3 Å². The lowest BCUT2D eigenvalue weighted by atomic mass is 9.82. The van der Waals surface area contributed by atoms with Crippen molar-refractivity contribution in [2.75, 3.05) is 26.1 Å². The first-order valence-corrected chi connectivity index (χ1v) is 6.54. The Labute approximate surface area is 112 Å². The molecule has 106 valence electrons. The predicted octanol–water partition coefficient (Wildman–Crippen LogP) is 0.962. The fraction of sp³-hybridized carbons (Fsp3) is 0.750. The van der Waals surface area contributed by atoms with Crippen LogP contribution in [-0.2, 0) is 0 Å². The molecule has 0 saturated heterocycles. The van der Waals surface area contributed by atoms with Crippen molar-refractivity contribution in [2.45, 2.75) is 37.6 Å². The molecule has 1 heterocycles. The topological polar surface area (TPSA) is 95.2 Å². The van der Waals surface area contributed by atoms with Gasteiger partial charge < -0.3 is 20.5 Å². The van der Waals surface area contributed by atoms with E-state index in [1.807, 2.05) is 0 Å². The van der Waals surface area contributed by atoms with Gasteiger partial charge in [0.2, 0.25) is 5.95 Å². The Kier molecular flexibility index (Phi) is 4.36. The second kappa shape index (κ2) is 6.01. The highest BCUT2D eigenvalue weighted by Gasteiger charge is 2.31. The molecule has 7 nitrogen and oxygen atoms in total. The molecule has 1 aliphatic rings. The maximum atomic E-state index is 5.93. The number of methoxy groups -OCH3 is 2. The van der Waals surface area contributed by atoms with Crippen LogP contribution in [0.2, 0.25) is 0 Å². The van der Waals surface area contributed by atoms with Crippen molar-refractivity contribution in [3.05, 3.63) is 0 Å². The Bertz CT molecular complexity index is 398. The summed E-state index contributed by atoms with van der Waals surface area (Å²) in [6.45, 7) is 0.559. The fourth-order valence-electron chi connectivity index (χ4n) is 2.42. The van der Waals surface area contributed by atoms with Crippen LogP contribution in [0.25, 0.3) is 0 Å². The lowest BCUT2D eigenvalue weighted by Crippen LogP contribution is -2.47. The number of nitrogens with zero attached hydrogens (tertiary/aromatic N) is 3. The minimum absolute atomic E-state index is 0.129. The van der Waals surface area contributed by atoms with E-state index in [4.69, 9.17) is 15.2 Å². The summed E-state index contributed by atoms with van der Waals surface area (Å²) in [5.74, 6) is 0.455. The van der Waals surface area contributed by atoms with Gasteiger partial charge in [-0.2, -0.15) is 9.97 Å². The Morgan fingerprint density at radius 2 is 1.63 bits per heavy atom. The van der Waals surface area contributed by atoms with Gasteiger partial charge in [0.25, 0.3) is 0 Å². The van der Waals surface area contributed by atoms with Gasteiger partial charge in [0.1, 0.15) is 0 Å². The van der Waals surface area contributed by atoms with E-state index in [2.05, 4.69) is 20.3 Å². The third-order valence-electron chi connectivity index (χ3n) is 3.54. The van der Waals surface area contributed by atoms with Gasteiger partial charge in [-0.25, -0.2) is 0 Å². The summed E-state index contributed by atoms with van der Waals surface area (Å²) in [5, 5.41) is 3.35. The molecule has 1 fully saturated rings. The molecule has 1 aromatic rings. The second-order valence-electron chi connectivity index (χ2n) is 4.80. The van der Waals surface area contributed by atoms with Crippen LogP contribution in [0.1, 0.15) is 32.1 Å². The Morgan fingerprint density at radius 1 is 1.05 bits per heavy atom. The first-order chi connectivity index (χ1) is 9.21. The lowest BCUT2D eigenvalue weighted by Gasteiger charge is -2.37. The summed E-state index contributed by atoms with van der Waals surface area (Å²) in [6, 6.07) is 0.467. The van der Waals surface area contributed by atoms with E-state index in [1.54, 1.807) is 0 Å². The fourth-order valence-corrected chi connectivity index (χ4v) is 2.42. The number of rotatable bonds is 5. The quantitative estimate of drug-likeness (QED) is 0.820. The first kappa shape index (κ1) is 13.8. The molecule has 1 aliphatic carbocycles. The molecular weight excluding hydrogens is 246 g/mol. The molecule has 0 unspecified atom stereocenters. The van der Waals surface area contributed by atoms with Gasteiger partial charge in [-0.15, -0.1) is 4.98 Å². The minimum atomic E-state index is -0.129. The molecule has 0 spiro atoms. The molecule has 0 aliphatic heterocycles. The van der Waals surface area contributed by atoms with Crippen LogP contribution in [0.5, 0.6) is 12.0 Å². The Morgan fingerprint density at radius 3 is 2.11 bits per heavy atom. The molecule has 3 N–H and O–H groups in total. The summed E-state index contributed by atoms with van der Waals surface area (Å²) in [5.41, 5.74) is 5.80. The van der Waals surface area contributed by atoms with Crippen molar-refractivity contribution < 1.29 is 9.47 Å². The summed E-state index contributed by atoms with van der Waals surface area (Å²) in [4.78, 5) is 12.4. The molecule has 0 atom stereocenters. The van der Waals surface area contributed by atoms with Gasteiger partial charge in [-0.05, 0) is 12.8 Å². The third kappa shape index (κ3) is 3.23. The first-order valence-electron chi connectivity index (χ1n) is 6.54. The maximum Gasteiger partial charge on any atom is 0.324 e. The van der Waals surface area contributed by atoms with Gasteiger partial charge in [-0.3, -0.25) is 0 Å². The number of aromatic nitrogens is 3. The van der Waals surface area contributed by atoms with Crippen molar-refractivity contribution in [1.82, 2.24) is 15.0 Å². The molecule has 2 rings (SSSR count). The average Bonchev–Trinajstić information content (AvgIpc) is 2.47. The van der Waals surface area contributed by atoms with E-state index < -0.39 is 0 Å². The highest BCUT2D eigenvalue weighted by atomic mass is 16.5. The normalized spacial score (nSPS) is 17.8. The second-order valence-corrected chi connectivity index (χ2v) is 4.80. The SMILES string of the molecule is COc1nc(NC2(CN)CCCCC2)nc(OC)n1. The molecule has 0 aromatic carbocycles. The summed E-state index contributed by atoms with van der Waals surface area (Å²) >= 11 is 0. The summed E-state index contributed by atoms with van der Waals surface area (Å²) in [6.07, 6.45) is 5.65. The molecule has 0 radical (unpaired) electrons. The van der Waals surface area contributed by atoms with E-state index in [1.165, 1.54) is 33.5 Å². The molecular formula is C12H21N5O2. The number of nitrogens with two attached hydrogens (primary N) is 1. The number of anilines is 1. The van der Waals surface area contributed by atoms with Crippen molar-refractivity contribution in [1.29, 1.82) is 0 Å². The predicted molar refractivity (Wildman–Crippen MR) is 71.4 cm³/mol. The largest absolute Gasteiger partial charge is 0.467 e. The Hall–Kier alpha value is -1.63. The standard InChI is InChI=1S/C12H21N5O2/c1-18-10-14-9(15-11(16-10)19-2)17-12(8-13)6-4-3-5-7-12/h3-8,13H2,1-2H3,(H,14,15,16,17). The van der Waals surface area contributed by atoms with Gasteiger partial charge in [0, 0.05) is 6.54 Å². The molecule has 0 amide bonds. The van der Waals surface area contributed by atoms with Crippen LogP contribution in [0, 0.1) is 0 Å². The number of ether oxygens (including phenoxy) is 2. The zero-order valence-corrected chi connectivity index (χ0v) is 11.5. The number of hydrogen-bond acceptors (Lipinski definition) is 7. The van der Waals surface area contributed by atoms with Crippen LogP contribution >= 0.6 is 0 Å². The average molecular weight is 267 g/mol. The molecule has 19 heavy (non-hydrogen) atoms. The minimum Gasteiger partial charge on any atom is -0.467 e. The summed E-state index contributed by atoms with van der Waals surface area (Å²) in [7, 11) is 3.02. The highest BCUT2D eigenvalue weighted by molar-refractivity contribution is 5.32. The molecule has 0 bridgehead atoms. The van der Waals surface area contributed by atoms with Crippen molar-refractivity contribution in [3.63, 3.8) is 0 Å². The van der Waals surface area contributed by atoms with E-state index >= 15 is 0 Å². The van der Waals surface area contributed by atoms with Crippen molar-refractivity contribution >= 4 is 5.95 Å². The van der Waals surface area contributed by atoms with Gasteiger partial charge in [0.15, 0.2) is 0 Å². The van der Waals surface area contributed by atoms with E-state index in [0.29, 0.717) is 12.5 Å². The maximum absolute atomic E-state index is 5.93. The van der Waals surface area contributed by atoms with Crippen molar-refractivity contribution in [2.24, 2.45) is 5.73 Å². The molecule has 1 aromatic heterocycles. The number of hydrogen-bond donors (Lipinski definition) is 2. The number of nitrogens with one attached hydrogen (secondary N) is 1. The summed E-state index contributed by atoms with van der Waals surface area (Å²) < 4.78 is 10.1. The zero-order valence-electron chi connectivity index (χ0n) is 11.5. The monoisotopic (exact) mass is 267 g/mol. The zero-order chi connectivity index (χ0) is 13.7. The van der Waals surface area contributed by atoms with Gasteiger partial charge in [0.05, 0.1) is 19.8 Å². The lowest BCUT2D eigenvalue weighted by molar-refractivity contribution is 0.321. The van der Waals surface area contributed by atoms with E-state index in [0.717, 1.165) is 12.8 Å². The van der Waals surface area contributed by atoms with Crippen LogP contribution < -0.4 is 20.5 Å². The Balaban J connectivity index is 2.20. The van der Waals surface area contributed by atoms with E-state index in [9.17, 15) is 0 Å². The van der Waals surface area contributed by atoms with Crippen LogP contribution in [0.4, 0.5) is 5.95 Å². The van der Waals surface area contributed by atoms with E-state index in [-0.39, 0.29) is 17.6 Å². The highest BCUT2D eigenvalue weighted by Crippen LogP contribution is 2.30.